The Balaban J connectivity index is 1.63. The molecule has 0 aromatic carbocycles. The van der Waals surface area contributed by atoms with E-state index in [9.17, 15) is 4.79 Å². The van der Waals surface area contributed by atoms with Crippen molar-refractivity contribution in [2.45, 2.75) is 0 Å². The largest absolute Gasteiger partial charge is 0.384 e. The average molecular weight is 284 g/mol. The van der Waals surface area contributed by atoms with Gasteiger partial charge < -0.3 is 15.5 Å². The Kier molecular flexibility index (Phi) is 3.63. The maximum absolute atomic E-state index is 12.3. The molecule has 21 heavy (non-hydrogen) atoms. The van der Waals surface area contributed by atoms with Crippen molar-refractivity contribution in [3.63, 3.8) is 0 Å². The van der Waals surface area contributed by atoms with E-state index in [-0.39, 0.29) is 5.91 Å². The molecule has 0 spiro atoms. The summed E-state index contributed by atoms with van der Waals surface area (Å²) in [4.78, 5) is 20.4. The van der Waals surface area contributed by atoms with E-state index in [2.05, 4.69) is 20.1 Å². The molecule has 0 atom stereocenters. The van der Waals surface area contributed by atoms with Crippen molar-refractivity contribution in [1.82, 2.24) is 20.1 Å². The van der Waals surface area contributed by atoms with E-state index >= 15 is 0 Å². The molecule has 0 saturated carbocycles. The summed E-state index contributed by atoms with van der Waals surface area (Å²) in [7, 11) is 0. The molecular weight excluding hydrogens is 268 g/mol. The van der Waals surface area contributed by atoms with Crippen LogP contribution in [-0.4, -0.2) is 52.2 Å². The third-order valence-electron chi connectivity index (χ3n) is 3.53. The average Bonchev–Trinajstić information content (AvgIpc) is 2.56. The van der Waals surface area contributed by atoms with Crippen LogP contribution in [0.3, 0.4) is 0 Å². The minimum Gasteiger partial charge on any atom is -0.384 e. The molecular formula is C14H16N6O. The topological polar surface area (TPSA) is 88.2 Å². The van der Waals surface area contributed by atoms with E-state index in [0.29, 0.717) is 24.5 Å². The summed E-state index contributed by atoms with van der Waals surface area (Å²) in [6.45, 7) is 2.89. The zero-order chi connectivity index (χ0) is 14.7. The summed E-state index contributed by atoms with van der Waals surface area (Å²) in [5.41, 5.74) is 7.19. The molecule has 7 nitrogen and oxygen atoms in total. The van der Waals surface area contributed by atoms with Crippen LogP contribution in [0.1, 0.15) is 10.4 Å². The number of pyridine rings is 1. The van der Waals surface area contributed by atoms with Crippen LogP contribution in [0.5, 0.6) is 0 Å². The molecule has 1 amide bonds. The molecule has 1 aliphatic heterocycles. The van der Waals surface area contributed by atoms with Crippen molar-refractivity contribution in [1.29, 1.82) is 0 Å². The first-order valence-electron chi connectivity index (χ1n) is 6.76. The Morgan fingerprint density at radius 2 is 1.86 bits per heavy atom. The van der Waals surface area contributed by atoms with Crippen LogP contribution in [0.25, 0.3) is 0 Å². The number of hydrogen-bond acceptors (Lipinski definition) is 6. The zero-order valence-electron chi connectivity index (χ0n) is 11.5. The molecule has 0 unspecified atom stereocenters. The highest BCUT2D eigenvalue weighted by molar-refractivity contribution is 5.93. The number of carbonyl (C=O) groups excluding carboxylic acids is 1. The lowest BCUT2D eigenvalue weighted by molar-refractivity contribution is 0.0746. The lowest BCUT2D eigenvalue weighted by Crippen LogP contribution is -2.48. The molecule has 1 fully saturated rings. The number of anilines is 2. The number of rotatable bonds is 2. The highest BCUT2D eigenvalue weighted by Gasteiger charge is 2.22. The summed E-state index contributed by atoms with van der Waals surface area (Å²) in [5.74, 6) is 0.512. The van der Waals surface area contributed by atoms with Gasteiger partial charge in [-0.05, 0) is 18.2 Å². The summed E-state index contributed by atoms with van der Waals surface area (Å²) in [6, 6.07) is 5.42. The summed E-state index contributed by atoms with van der Waals surface area (Å²) >= 11 is 0. The van der Waals surface area contributed by atoms with Gasteiger partial charge in [-0.25, -0.2) is 4.98 Å². The predicted molar refractivity (Wildman–Crippen MR) is 78.8 cm³/mol. The van der Waals surface area contributed by atoms with Gasteiger partial charge in [-0.15, -0.1) is 0 Å². The number of hydrogen-bond donors (Lipinski definition) is 1. The first-order chi connectivity index (χ1) is 10.2. The molecule has 3 heterocycles. The molecule has 1 saturated heterocycles. The van der Waals surface area contributed by atoms with E-state index in [1.165, 1.54) is 12.4 Å². The summed E-state index contributed by atoms with van der Waals surface area (Å²) in [6.07, 6.45) is 4.79. The van der Waals surface area contributed by atoms with Gasteiger partial charge in [0.25, 0.3) is 5.91 Å². The molecule has 0 radical (unpaired) electrons. The second kappa shape index (κ2) is 5.74. The molecule has 108 valence electrons. The van der Waals surface area contributed by atoms with Gasteiger partial charge in [-0.2, -0.15) is 10.2 Å². The quantitative estimate of drug-likeness (QED) is 0.859. The highest BCUT2D eigenvalue weighted by Crippen LogP contribution is 2.17. The fraction of sp³-hybridized carbons (Fsp3) is 0.286. The lowest BCUT2D eigenvalue weighted by Gasteiger charge is -2.35. The van der Waals surface area contributed by atoms with Gasteiger partial charge in [0.2, 0.25) is 0 Å². The van der Waals surface area contributed by atoms with Crippen molar-refractivity contribution in [3.8, 4) is 0 Å². The predicted octanol–water partition coefficient (Wildman–Crippen LogP) is 0.416. The number of nitrogen functional groups attached to an aromatic ring is 1. The Morgan fingerprint density at radius 1 is 1.05 bits per heavy atom. The van der Waals surface area contributed by atoms with Gasteiger partial charge in [0, 0.05) is 26.2 Å². The number of nitrogens with two attached hydrogens (primary N) is 1. The Labute approximate surface area is 122 Å². The number of nitrogens with zero attached hydrogens (tertiary/aromatic N) is 5. The van der Waals surface area contributed by atoms with Crippen molar-refractivity contribution in [3.05, 3.63) is 42.4 Å². The SMILES string of the molecule is Nc1ccc(N2CCN(C(=O)c3ccnnc3)CC2)cn1. The highest BCUT2D eigenvalue weighted by atomic mass is 16.2. The molecule has 3 rings (SSSR count). The van der Waals surface area contributed by atoms with Gasteiger partial charge in [0.05, 0.1) is 29.8 Å². The second-order valence-corrected chi connectivity index (χ2v) is 4.85. The standard InChI is InChI=1S/C14H16N6O/c15-13-2-1-12(10-16-13)19-5-7-20(8-6-19)14(21)11-3-4-17-18-9-11/h1-4,9-10H,5-8H2,(H2,15,16). The van der Waals surface area contributed by atoms with E-state index in [4.69, 9.17) is 5.73 Å². The van der Waals surface area contributed by atoms with Crippen LogP contribution in [0.15, 0.2) is 36.8 Å². The van der Waals surface area contributed by atoms with Gasteiger partial charge in [-0.1, -0.05) is 0 Å². The molecule has 2 aromatic rings. The fourth-order valence-electron chi connectivity index (χ4n) is 2.35. The van der Waals surface area contributed by atoms with Crippen LogP contribution in [0.2, 0.25) is 0 Å². The fourth-order valence-corrected chi connectivity index (χ4v) is 2.35. The smallest absolute Gasteiger partial charge is 0.255 e. The molecule has 0 bridgehead atoms. The third kappa shape index (κ3) is 2.91. The monoisotopic (exact) mass is 284 g/mol. The molecule has 2 aromatic heterocycles. The van der Waals surface area contributed by atoms with Crippen LogP contribution >= 0.6 is 0 Å². The van der Waals surface area contributed by atoms with Crippen molar-refractivity contribution >= 4 is 17.4 Å². The van der Waals surface area contributed by atoms with Crippen LogP contribution in [-0.2, 0) is 0 Å². The first kappa shape index (κ1) is 13.3. The number of aromatic nitrogens is 3. The van der Waals surface area contributed by atoms with Gasteiger partial charge in [0.15, 0.2) is 0 Å². The zero-order valence-corrected chi connectivity index (χ0v) is 11.5. The molecule has 2 N–H and O–H groups in total. The Hall–Kier alpha value is -2.70. The minimum absolute atomic E-state index is 0.0000175. The Bertz CT molecular complexity index is 607. The lowest BCUT2D eigenvalue weighted by atomic mass is 10.2. The minimum atomic E-state index is -0.0000175. The van der Waals surface area contributed by atoms with Gasteiger partial charge in [0.1, 0.15) is 5.82 Å². The van der Waals surface area contributed by atoms with Crippen LogP contribution in [0.4, 0.5) is 11.5 Å². The van der Waals surface area contributed by atoms with Crippen molar-refractivity contribution in [2.24, 2.45) is 0 Å². The van der Waals surface area contributed by atoms with Crippen LogP contribution in [0, 0.1) is 0 Å². The van der Waals surface area contributed by atoms with E-state index < -0.39 is 0 Å². The van der Waals surface area contributed by atoms with Crippen molar-refractivity contribution in [2.75, 3.05) is 36.8 Å². The van der Waals surface area contributed by atoms with E-state index in [1.54, 1.807) is 18.3 Å². The normalized spacial score (nSPS) is 15.0. The first-order valence-corrected chi connectivity index (χ1v) is 6.76. The third-order valence-corrected chi connectivity index (χ3v) is 3.53. The molecule has 1 aliphatic rings. The van der Waals surface area contributed by atoms with E-state index in [0.717, 1.165) is 18.8 Å². The maximum Gasteiger partial charge on any atom is 0.255 e. The number of carbonyl (C=O) groups is 1. The van der Waals surface area contributed by atoms with E-state index in [1.807, 2.05) is 11.0 Å². The van der Waals surface area contributed by atoms with Crippen LogP contribution < -0.4 is 10.6 Å². The Morgan fingerprint density at radius 3 is 2.48 bits per heavy atom. The number of piperazine rings is 1. The van der Waals surface area contributed by atoms with Gasteiger partial charge >= 0.3 is 0 Å². The van der Waals surface area contributed by atoms with Crippen molar-refractivity contribution < 1.29 is 4.79 Å². The summed E-state index contributed by atoms with van der Waals surface area (Å²) < 4.78 is 0. The molecule has 0 aliphatic carbocycles. The molecule has 7 heteroatoms. The number of amides is 1. The maximum atomic E-state index is 12.3. The second-order valence-electron chi connectivity index (χ2n) is 4.85. The summed E-state index contributed by atoms with van der Waals surface area (Å²) in [5, 5.41) is 7.43. The van der Waals surface area contributed by atoms with Gasteiger partial charge in [-0.3, -0.25) is 4.79 Å².